The summed E-state index contributed by atoms with van der Waals surface area (Å²) < 4.78 is 123. The highest BCUT2D eigenvalue weighted by atomic mass is 16.8. The summed E-state index contributed by atoms with van der Waals surface area (Å²) in [6.07, 6.45) is -117. The average molecular weight is 1880 g/mol. The lowest BCUT2D eigenvalue weighted by Crippen LogP contribution is -2.70. The van der Waals surface area contributed by atoms with Gasteiger partial charge in [0, 0.05) is 13.8 Å². The summed E-state index contributed by atoms with van der Waals surface area (Å²) in [6, 6.07) is -3.73. The van der Waals surface area contributed by atoms with Crippen LogP contribution in [-0.4, -0.2) is 591 Å². The van der Waals surface area contributed by atoms with Gasteiger partial charge in [-0.25, -0.2) is 0 Å². The van der Waals surface area contributed by atoms with Gasteiger partial charge in [0.2, 0.25) is 11.8 Å². The highest BCUT2D eigenvalue weighted by Gasteiger charge is 2.62. The molecule has 58 nitrogen and oxygen atoms in total. The zero-order valence-corrected chi connectivity index (χ0v) is 67.7. The molecule has 55 atom stereocenters. The average Bonchev–Trinajstić information content (AvgIpc) is 0.765. The number of aliphatic hydroxyl groups is 33. The third-order valence-corrected chi connectivity index (χ3v) is 23.7. The molecule has 128 heavy (non-hydrogen) atoms. The number of carbonyl (C=O) groups is 2. The van der Waals surface area contributed by atoms with Gasteiger partial charge in [-0.15, -0.1) is 0 Å². The van der Waals surface area contributed by atoms with Gasteiger partial charge in [-0.3, -0.25) is 9.59 Å². The van der Waals surface area contributed by atoms with Crippen LogP contribution >= 0.6 is 0 Å². The molecule has 11 heterocycles. The van der Waals surface area contributed by atoms with Crippen LogP contribution < -0.4 is 10.6 Å². The van der Waals surface area contributed by atoms with Gasteiger partial charge in [0.05, 0.1) is 72.7 Å². The molecule has 1 unspecified atom stereocenters. The van der Waals surface area contributed by atoms with Gasteiger partial charge in [-0.1, -0.05) is 0 Å². The van der Waals surface area contributed by atoms with Crippen LogP contribution in [0.5, 0.6) is 0 Å². The first-order valence-electron chi connectivity index (χ1n) is 40.7. The highest BCUT2D eigenvalue weighted by Crippen LogP contribution is 2.41. The first-order chi connectivity index (χ1) is 60.6. The number of ether oxygens (including phenoxy) is 21. The summed E-state index contributed by atoms with van der Waals surface area (Å²) in [7, 11) is 0. The smallest absolute Gasteiger partial charge is 0.217 e. The maximum Gasteiger partial charge on any atom is 0.217 e. The van der Waals surface area contributed by atoms with Gasteiger partial charge in [0.1, 0.15) is 268 Å². The largest absolute Gasteiger partial charge is 0.394 e. The van der Waals surface area contributed by atoms with Crippen LogP contribution in [0.15, 0.2) is 0 Å². The second-order valence-electron chi connectivity index (χ2n) is 32.4. The van der Waals surface area contributed by atoms with E-state index in [0.29, 0.717) is 0 Å². The van der Waals surface area contributed by atoms with Crippen LogP contribution in [-0.2, 0) is 109 Å². The molecule has 0 aromatic rings. The van der Waals surface area contributed by atoms with E-state index >= 15 is 0 Å². The molecule has 58 heteroatoms. The third kappa shape index (κ3) is 22.6. The molecule has 0 aliphatic carbocycles. The number of aliphatic hydroxyl groups excluding tert-OH is 33. The van der Waals surface area contributed by atoms with E-state index in [0.717, 1.165) is 13.8 Å². The summed E-state index contributed by atoms with van der Waals surface area (Å²) in [5, 5.41) is 372. The van der Waals surface area contributed by atoms with Crippen LogP contribution in [0.1, 0.15) is 13.8 Å². The second kappa shape index (κ2) is 45.8. The summed E-state index contributed by atoms with van der Waals surface area (Å²) in [6.45, 7) is -10.7. The van der Waals surface area contributed by atoms with Crippen molar-refractivity contribution in [3.63, 3.8) is 0 Å². The molecule has 0 aromatic carbocycles. The lowest BCUT2D eigenvalue weighted by molar-refractivity contribution is -0.409. The van der Waals surface area contributed by atoms with Crippen molar-refractivity contribution in [2.24, 2.45) is 0 Å². The molecular weight excluding hydrogens is 1760 g/mol. The zero-order chi connectivity index (χ0) is 94.0. The Bertz CT molecular complexity index is 3380. The molecule has 11 saturated heterocycles. The molecule has 0 saturated carbocycles. The van der Waals surface area contributed by atoms with E-state index in [2.05, 4.69) is 10.6 Å². The highest BCUT2D eigenvalue weighted by molar-refractivity contribution is 5.73. The van der Waals surface area contributed by atoms with Crippen LogP contribution in [0.4, 0.5) is 0 Å². The molecule has 11 fully saturated rings. The van der Waals surface area contributed by atoms with Gasteiger partial charge >= 0.3 is 0 Å². The van der Waals surface area contributed by atoms with Gasteiger partial charge < -0.3 is 279 Å². The summed E-state index contributed by atoms with van der Waals surface area (Å²) in [4.78, 5) is 25.4. The fraction of sp³-hybridized carbons (Fsp3) is 0.971. The molecule has 11 aliphatic heterocycles. The monoisotopic (exact) mass is 1880 g/mol. The standard InChI is InChI=1S/C70H118N2O56/c1-14(81)71-27-38(92)53(22(9-79)111-60(27)107)122-61-28(72-15(2)82)39(93)54(23(10-80)118-61)123-67-52(106)56(125-70-59(46(100)35(89)24(121-70)11-108-62-47(101)40(94)29(83)16(3-73)112-62)128-69-58(45(99)34(88)21(8-78)117-69)127-66-50(104)43(97)32(86)19(6-76)115-66)37(91)26(120-67)12-109-63-51(105)55(124-64-48(102)41(95)30(84)17(4-74)113-64)36(90)25(119-63)13-110-68-57(44(98)33(87)20(7-77)116-68)126-65-49(103)42(96)31(85)18(5-75)114-65/h16-70,73-80,83-107H,3-13H2,1-2H3,(H,71,81)(H,72,82)/t16-,17-,18-,19-,20-,21-,22-,23-,24-,25-,26-,27-,28-,29-,30-,31-,32-,33-,34-,35-,36-,37-,38-,39-,40+,41+,42+,43+,44+,45+,46+,47+,48+,49+,50+,51+,52+,53-,54-,55+,56+,57+,58+,59+,60?,61+,62+,63+,64-,65-,66-,67+,68+,69-,70-/m1/s1. The molecule has 0 bridgehead atoms. The van der Waals surface area contributed by atoms with Gasteiger partial charge in [0.15, 0.2) is 69.2 Å². The van der Waals surface area contributed by atoms with Crippen molar-refractivity contribution in [1.82, 2.24) is 10.6 Å². The number of nitrogens with one attached hydrogen (secondary N) is 2. The Labute approximate surface area is 722 Å². The maximum absolute atomic E-state index is 13.2. The summed E-state index contributed by atoms with van der Waals surface area (Å²) >= 11 is 0. The van der Waals surface area contributed by atoms with Gasteiger partial charge in [-0.2, -0.15) is 0 Å². The number of amides is 2. The summed E-state index contributed by atoms with van der Waals surface area (Å²) in [5.74, 6) is -1.84. The molecule has 11 aliphatic rings. The molecule has 11 rings (SSSR count). The molecular formula is C70H118N2O56. The third-order valence-electron chi connectivity index (χ3n) is 23.7. The van der Waals surface area contributed by atoms with Crippen molar-refractivity contribution in [2.45, 2.75) is 351 Å². The maximum atomic E-state index is 13.2. The van der Waals surface area contributed by atoms with Crippen molar-refractivity contribution in [3.8, 4) is 0 Å². The Hall–Kier alpha value is -3.22. The zero-order valence-electron chi connectivity index (χ0n) is 67.7. The van der Waals surface area contributed by atoms with Crippen LogP contribution in [0.25, 0.3) is 0 Å². The normalized spacial score (nSPS) is 51.7. The number of carbonyl (C=O) groups excluding carboxylic acids is 2. The quantitative estimate of drug-likeness (QED) is 0.0290. The lowest BCUT2D eigenvalue weighted by Gasteiger charge is -2.51. The number of hydrogen-bond donors (Lipinski definition) is 35. The van der Waals surface area contributed by atoms with Crippen molar-refractivity contribution in [3.05, 3.63) is 0 Å². The molecule has 744 valence electrons. The van der Waals surface area contributed by atoms with Crippen molar-refractivity contribution in [1.29, 1.82) is 0 Å². The molecule has 2 amide bonds. The second-order valence-corrected chi connectivity index (χ2v) is 32.4. The Morgan fingerprint density at radius 2 is 0.430 bits per heavy atom. The van der Waals surface area contributed by atoms with E-state index < -0.39 is 422 Å². The molecule has 0 spiro atoms. The number of rotatable bonds is 33. The van der Waals surface area contributed by atoms with Crippen LogP contribution in [0.2, 0.25) is 0 Å². The first-order valence-corrected chi connectivity index (χ1v) is 40.7. The van der Waals surface area contributed by atoms with Gasteiger partial charge in [-0.05, 0) is 0 Å². The Morgan fingerprint density at radius 1 is 0.203 bits per heavy atom. The molecule has 35 N–H and O–H groups in total. The van der Waals surface area contributed by atoms with E-state index in [1.807, 2.05) is 0 Å². The Balaban J connectivity index is 0.967. The molecule has 0 radical (unpaired) electrons. The SMILES string of the molecule is CC(=O)N[C@H]1[C@H](O[C@H]2[C@H](O)[C@@H](NC(C)=O)C(O)O[C@@H]2CO)O[C@H](CO)[C@@H](O[C@@H]2O[C@H](CO[C@H]3O[C@H](CO[C@H]4O[C@H](CO)[C@@H](O)[C@H](O)[C@@H]4O[C@H]4O[C@H](CO)[C@@H](O)[C@H](O)[C@@H]4O)[C@@H](O)[C@H](O[C@H]4O[C@H](CO)[C@@H](O)[C@H](O)[C@@H]4O)[C@@H]3O)[C@@H](O)[C@H](O[C@H]3O[C@H](CO[C@H]4O[C@H](CO)[C@@H](O)[C@H](O)[C@@H]4O)[C@@H](O)[C@H](O)[C@@H]3O[C@H]3O[C@H](CO)[C@@H](O)[C@H](O)[C@@H]3O[C@H]3O[C@H](CO)[C@@H](O)[C@H](O)[C@@H]3O)[C@@H]2O)[C@@H]1O. The minimum absolute atomic E-state index is 0.829. The predicted octanol–water partition coefficient (Wildman–Crippen LogP) is -24.7. The van der Waals surface area contributed by atoms with Crippen molar-refractivity contribution >= 4 is 11.8 Å². The first kappa shape index (κ1) is 105. The molecule has 0 aromatic heterocycles. The van der Waals surface area contributed by atoms with Crippen molar-refractivity contribution < 1.29 is 278 Å². The van der Waals surface area contributed by atoms with E-state index in [9.17, 15) is 178 Å². The van der Waals surface area contributed by atoms with E-state index in [-0.39, 0.29) is 0 Å². The van der Waals surface area contributed by atoms with E-state index in [1.165, 1.54) is 0 Å². The lowest BCUT2D eigenvalue weighted by atomic mass is 9.94. The minimum Gasteiger partial charge on any atom is -0.394 e. The topological polar surface area (TPSA) is 920 Å². The van der Waals surface area contributed by atoms with Crippen molar-refractivity contribution in [2.75, 3.05) is 72.7 Å². The minimum atomic E-state index is -2.75. The Morgan fingerprint density at radius 3 is 0.828 bits per heavy atom. The number of hydrogen-bond acceptors (Lipinski definition) is 56. The van der Waals surface area contributed by atoms with Gasteiger partial charge in [0.25, 0.3) is 0 Å². The van der Waals surface area contributed by atoms with E-state index in [1.54, 1.807) is 0 Å². The van der Waals surface area contributed by atoms with Crippen LogP contribution in [0, 0.1) is 0 Å². The fourth-order valence-electron chi connectivity index (χ4n) is 16.4. The summed E-state index contributed by atoms with van der Waals surface area (Å²) in [5.41, 5.74) is 0. The fourth-order valence-corrected chi connectivity index (χ4v) is 16.4. The predicted molar refractivity (Wildman–Crippen MR) is 386 cm³/mol. The van der Waals surface area contributed by atoms with Crippen LogP contribution in [0.3, 0.4) is 0 Å². The van der Waals surface area contributed by atoms with E-state index in [4.69, 9.17) is 99.5 Å². The Kier molecular flexibility index (Phi) is 37.7.